The second-order valence-electron chi connectivity index (χ2n) is 5.21. The Morgan fingerprint density at radius 3 is 2.26 bits per heavy atom. The topological polar surface area (TPSA) is 74.7 Å². The molecule has 6 heteroatoms. The Bertz CT molecular complexity index is 798. The number of benzene rings is 2. The van der Waals surface area contributed by atoms with Gasteiger partial charge in [-0.1, -0.05) is 36.8 Å². The van der Waals surface area contributed by atoms with Gasteiger partial charge in [0.2, 0.25) is 0 Å². The Morgan fingerprint density at radius 2 is 1.70 bits per heavy atom. The van der Waals surface area contributed by atoms with Crippen LogP contribution < -0.4 is 4.31 Å². The number of para-hydroxylation sites is 1. The molecule has 2 aromatic carbocycles. The maximum absolute atomic E-state index is 12.9. The van der Waals surface area contributed by atoms with Crippen molar-refractivity contribution in [1.82, 2.24) is 0 Å². The van der Waals surface area contributed by atoms with Gasteiger partial charge in [0.15, 0.2) is 0 Å². The van der Waals surface area contributed by atoms with E-state index in [1.54, 1.807) is 24.3 Å². The molecule has 0 amide bonds. The maximum Gasteiger partial charge on any atom is 0.337 e. The summed E-state index contributed by atoms with van der Waals surface area (Å²) in [5.74, 6) is -1.15. The number of nitrogens with zero attached hydrogens (tertiary/aromatic N) is 1. The molecule has 23 heavy (non-hydrogen) atoms. The van der Waals surface area contributed by atoms with Crippen LogP contribution in [0, 0.1) is 6.92 Å². The molecule has 1 N–H and O–H groups in total. The number of anilines is 1. The first-order valence-corrected chi connectivity index (χ1v) is 8.73. The van der Waals surface area contributed by atoms with Gasteiger partial charge in [0.25, 0.3) is 10.0 Å². The molecular formula is C17H19NO4S. The number of hydrogen-bond acceptors (Lipinski definition) is 3. The standard InChI is InChI=1S/C17H19NO4S/c1-3-12-18(16-7-5-4-6-15(16)17(19)20)23(21,22)14-10-8-13(2)9-11-14/h4-11H,3,12H2,1-2H3,(H,19,20). The van der Waals surface area contributed by atoms with Crippen molar-refractivity contribution >= 4 is 21.7 Å². The van der Waals surface area contributed by atoms with Crippen molar-refractivity contribution in [1.29, 1.82) is 0 Å². The quantitative estimate of drug-likeness (QED) is 0.880. The molecule has 0 aliphatic heterocycles. The van der Waals surface area contributed by atoms with Gasteiger partial charge in [-0.05, 0) is 37.6 Å². The minimum Gasteiger partial charge on any atom is -0.478 e. The third kappa shape index (κ3) is 3.53. The number of aryl methyl sites for hydroxylation is 1. The monoisotopic (exact) mass is 333 g/mol. The van der Waals surface area contributed by atoms with Gasteiger partial charge < -0.3 is 5.11 Å². The zero-order chi connectivity index (χ0) is 17.0. The SMILES string of the molecule is CCCN(c1ccccc1C(=O)O)S(=O)(=O)c1ccc(C)cc1. The first-order chi connectivity index (χ1) is 10.9. The summed E-state index contributed by atoms with van der Waals surface area (Å²) in [4.78, 5) is 11.6. The van der Waals surface area contributed by atoms with Gasteiger partial charge in [-0.2, -0.15) is 0 Å². The molecule has 5 nitrogen and oxygen atoms in total. The molecule has 0 aliphatic rings. The van der Waals surface area contributed by atoms with E-state index in [1.807, 2.05) is 13.8 Å². The van der Waals surface area contributed by atoms with Crippen LogP contribution in [0.4, 0.5) is 5.69 Å². The molecule has 0 aliphatic carbocycles. The van der Waals surface area contributed by atoms with Crippen LogP contribution in [0.5, 0.6) is 0 Å². The highest BCUT2D eigenvalue weighted by atomic mass is 32.2. The normalized spacial score (nSPS) is 11.2. The van der Waals surface area contributed by atoms with Crippen LogP contribution >= 0.6 is 0 Å². The average Bonchev–Trinajstić information content (AvgIpc) is 2.53. The number of aromatic carboxylic acids is 1. The second-order valence-corrected chi connectivity index (χ2v) is 7.07. The molecular weight excluding hydrogens is 314 g/mol. The first kappa shape index (κ1) is 17.0. The fraction of sp³-hybridized carbons (Fsp3) is 0.235. The third-order valence-corrected chi connectivity index (χ3v) is 5.27. The number of carboxylic acids is 1. The Kier molecular flexibility index (Phi) is 5.05. The Hall–Kier alpha value is -2.34. The zero-order valence-corrected chi connectivity index (χ0v) is 13.9. The Labute approximate surface area is 136 Å². The summed E-state index contributed by atoms with van der Waals surface area (Å²) < 4.78 is 27.1. The van der Waals surface area contributed by atoms with Gasteiger partial charge >= 0.3 is 5.97 Å². The molecule has 0 aromatic heterocycles. The van der Waals surface area contributed by atoms with Crippen molar-refractivity contribution in [2.24, 2.45) is 0 Å². The molecule has 0 fully saturated rings. The lowest BCUT2D eigenvalue weighted by Gasteiger charge is -2.25. The number of rotatable bonds is 6. The van der Waals surface area contributed by atoms with Gasteiger partial charge in [-0.15, -0.1) is 0 Å². The van der Waals surface area contributed by atoms with Crippen LogP contribution in [0.25, 0.3) is 0 Å². The molecule has 0 bridgehead atoms. The summed E-state index contributed by atoms with van der Waals surface area (Å²) in [5, 5.41) is 9.33. The molecule has 0 atom stereocenters. The fourth-order valence-corrected chi connectivity index (χ4v) is 3.86. The van der Waals surface area contributed by atoms with Crippen molar-refractivity contribution in [3.8, 4) is 0 Å². The number of hydrogen-bond donors (Lipinski definition) is 1. The summed E-state index contributed by atoms with van der Waals surface area (Å²) in [6.07, 6.45) is 0.568. The largest absolute Gasteiger partial charge is 0.478 e. The highest BCUT2D eigenvalue weighted by Crippen LogP contribution is 2.27. The van der Waals surface area contributed by atoms with E-state index in [0.717, 1.165) is 5.56 Å². The third-order valence-electron chi connectivity index (χ3n) is 3.44. The van der Waals surface area contributed by atoms with Crippen molar-refractivity contribution in [2.75, 3.05) is 10.8 Å². The van der Waals surface area contributed by atoms with Crippen LogP contribution in [0.15, 0.2) is 53.4 Å². The summed E-state index contributed by atoms with van der Waals surface area (Å²) in [6, 6.07) is 12.7. The zero-order valence-electron chi connectivity index (χ0n) is 13.1. The summed E-state index contributed by atoms with van der Waals surface area (Å²) in [7, 11) is -3.82. The molecule has 0 radical (unpaired) electrons. The lowest BCUT2D eigenvalue weighted by atomic mass is 10.2. The van der Waals surface area contributed by atoms with Gasteiger partial charge in [0, 0.05) is 6.54 Å². The summed E-state index contributed by atoms with van der Waals surface area (Å²) in [6.45, 7) is 3.93. The predicted molar refractivity (Wildman–Crippen MR) is 89.4 cm³/mol. The highest BCUT2D eigenvalue weighted by molar-refractivity contribution is 7.92. The smallest absolute Gasteiger partial charge is 0.337 e. The van der Waals surface area contributed by atoms with Gasteiger partial charge in [-0.3, -0.25) is 4.31 Å². The van der Waals surface area contributed by atoms with Crippen molar-refractivity contribution in [3.63, 3.8) is 0 Å². The number of carboxylic acid groups (broad SMARTS) is 1. The molecule has 2 rings (SSSR count). The Balaban J connectivity index is 2.58. The number of carbonyl (C=O) groups is 1. The minimum atomic E-state index is -3.82. The van der Waals surface area contributed by atoms with E-state index in [1.165, 1.54) is 28.6 Å². The van der Waals surface area contributed by atoms with Crippen LogP contribution in [-0.4, -0.2) is 26.0 Å². The lowest BCUT2D eigenvalue weighted by Crippen LogP contribution is -2.33. The van der Waals surface area contributed by atoms with E-state index >= 15 is 0 Å². The van der Waals surface area contributed by atoms with Crippen LogP contribution in [0.2, 0.25) is 0 Å². The summed E-state index contributed by atoms with van der Waals surface area (Å²) >= 11 is 0. The van der Waals surface area contributed by atoms with Gasteiger partial charge in [0.05, 0.1) is 16.1 Å². The molecule has 122 valence electrons. The van der Waals surface area contributed by atoms with Gasteiger partial charge in [-0.25, -0.2) is 13.2 Å². The fourth-order valence-electron chi connectivity index (χ4n) is 2.28. The van der Waals surface area contributed by atoms with Crippen molar-refractivity contribution in [3.05, 3.63) is 59.7 Å². The lowest BCUT2D eigenvalue weighted by molar-refractivity contribution is 0.0697. The van der Waals surface area contributed by atoms with Gasteiger partial charge in [0.1, 0.15) is 0 Å². The molecule has 2 aromatic rings. The first-order valence-electron chi connectivity index (χ1n) is 7.29. The van der Waals surface area contributed by atoms with E-state index < -0.39 is 16.0 Å². The van der Waals surface area contributed by atoms with Crippen molar-refractivity contribution < 1.29 is 18.3 Å². The molecule has 0 unspecified atom stereocenters. The van der Waals surface area contributed by atoms with E-state index in [2.05, 4.69) is 0 Å². The maximum atomic E-state index is 12.9. The minimum absolute atomic E-state index is 0.0309. The molecule has 0 saturated heterocycles. The molecule has 0 heterocycles. The van der Waals surface area contributed by atoms with E-state index in [4.69, 9.17) is 0 Å². The van der Waals surface area contributed by atoms with Crippen molar-refractivity contribution in [2.45, 2.75) is 25.2 Å². The molecule has 0 spiro atoms. The van der Waals surface area contributed by atoms with Crippen LogP contribution in [-0.2, 0) is 10.0 Å². The van der Waals surface area contributed by atoms with E-state index in [9.17, 15) is 18.3 Å². The average molecular weight is 333 g/mol. The highest BCUT2D eigenvalue weighted by Gasteiger charge is 2.27. The predicted octanol–water partition coefficient (Wildman–Crippen LogP) is 3.30. The summed E-state index contributed by atoms with van der Waals surface area (Å²) in [5.41, 5.74) is 1.11. The Morgan fingerprint density at radius 1 is 1.09 bits per heavy atom. The van der Waals surface area contributed by atoms with E-state index in [-0.39, 0.29) is 22.7 Å². The molecule has 0 saturated carbocycles. The van der Waals surface area contributed by atoms with Crippen LogP contribution in [0.3, 0.4) is 0 Å². The second kappa shape index (κ2) is 6.83. The number of sulfonamides is 1. The van der Waals surface area contributed by atoms with E-state index in [0.29, 0.717) is 6.42 Å². The van der Waals surface area contributed by atoms with Crippen LogP contribution in [0.1, 0.15) is 29.3 Å².